The molecule has 0 saturated carbocycles. The third kappa shape index (κ3) is 7.34. The molecule has 222 valence electrons. The minimum Gasteiger partial charge on any atom is -0.490 e. The second-order valence-electron chi connectivity index (χ2n) is 10.3. The third-order valence-electron chi connectivity index (χ3n) is 7.01. The van der Waals surface area contributed by atoms with Crippen LogP contribution in [0.4, 0.5) is 17.2 Å². The summed E-state index contributed by atoms with van der Waals surface area (Å²) in [7, 11) is 0. The van der Waals surface area contributed by atoms with Gasteiger partial charge in [0.05, 0.1) is 47.9 Å². The van der Waals surface area contributed by atoms with E-state index in [4.69, 9.17) is 25.1 Å². The molecular weight excluding hydrogens is 546 g/mol. The number of hydrogen-bond acceptors (Lipinski definition) is 11. The number of morpholine rings is 1. The maximum absolute atomic E-state index is 10.4. The average Bonchev–Trinajstić information content (AvgIpc) is 3.41. The first-order valence-corrected chi connectivity index (χ1v) is 14.1. The molecule has 0 aliphatic carbocycles. The van der Waals surface area contributed by atoms with Crippen molar-refractivity contribution in [3.8, 4) is 17.6 Å². The van der Waals surface area contributed by atoms with Crippen LogP contribution in [-0.2, 0) is 4.74 Å². The number of fused-ring (bicyclic) bond motifs is 1. The van der Waals surface area contributed by atoms with E-state index in [0.29, 0.717) is 35.3 Å². The summed E-state index contributed by atoms with van der Waals surface area (Å²) in [6, 6.07) is 13.2. The number of aryl methyl sites for hydroxylation is 1. The van der Waals surface area contributed by atoms with Crippen molar-refractivity contribution < 1.29 is 14.6 Å². The first kappa shape index (κ1) is 29.7. The maximum atomic E-state index is 10.4. The molecule has 0 amide bonds. The lowest BCUT2D eigenvalue weighted by Crippen LogP contribution is -2.38. The summed E-state index contributed by atoms with van der Waals surface area (Å²) in [5, 5.41) is 33.6. The van der Waals surface area contributed by atoms with E-state index >= 15 is 0 Å². The second kappa shape index (κ2) is 13.4. The zero-order chi connectivity index (χ0) is 30.3. The molecule has 1 atom stereocenters. The molecule has 1 aliphatic heterocycles. The number of nitriles is 1. The Morgan fingerprint density at radius 1 is 1.23 bits per heavy atom. The molecule has 1 aliphatic rings. The van der Waals surface area contributed by atoms with Gasteiger partial charge in [-0.1, -0.05) is 0 Å². The number of aromatic nitrogens is 4. The topological polar surface area (TPSA) is 157 Å². The Bertz CT molecular complexity index is 1670. The highest BCUT2D eigenvalue weighted by molar-refractivity contribution is 6.05. The highest BCUT2D eigenvalue weighted by Gasteiger charge is 2.17. The molecule has 4 N–H and O–H groups in total. The minimum absolute atomic E-state index is 0.188. The van der Waals surface area contributed by atoms with Gasteiger partial charge < -0.3 is 25.2 Å². The fraction of sp³-hybridized carbons (Fsp3) is 0.323. The van der Waals surface area contributed by atoms with Gasteiger partial charge >= 0.3 is 0 Å². The highest BCUT2D eigenvalue weighted by atomic mass is 16.5. The maximum Gasteiger partial charge on any atom is 0.145 e. The predicted octanol–water partition coefficient (Wildman–Crippen LogP) is 4.49. The summed E-state index contributed by atoms with van der Waals surface area (Å²) < 4.78 is 13.7. The number of hydrogen-bond donors (Lipinski definition) is 4. The van der Waals surface area contributed by atoms with E-state index in [0.717, 1.165) is 61.0 Å². The van der Waals surface area contributed by atoms with Gasteiger partial charge in [0.25, 0.3) is 0 Å². The van der Waals surface area contributed by atoms with E-state index in [1.807, 2.05) is 41.8 Å². The summed E-state index contributed by atoms with van der Waals surface area (Å²) in [5.41, 5.74) is 4.99. The van der Waals surface area contributed by atoms with Crippen molar-refractivity contribution in [2.45, 2.75) is 26.9 Å². The molecule has 4 heterocycles. The molecule has 1 unspecified atom stereocenters. The van der Waals surface area contributed by atoms with Crippen LogP contribution in [0.2, 0.25) is 0 Å². The van der Waals surface area contributed by atoms with Gasteiger partial charge in [0.2, 0.25) is 0 Å². The Kier molecular flexibility index (Phi) is 9.26. The molecule has 1 saturated heterocycles. The summed E-state index contributed by atoms with van der Waals surface area (Å²) >= 11 is 0. The molecule has 43 heavy (non-hydrogen) atoms. The van der Waals surface area contributed by atoms with Crippen LogP contribution in [-0.4, -0.2) is 74.7 Å². The monoisotopic (exact) mass is 581 g/mol. The van der Waals surface area contributed by atoms with E-state index in [1.54, 1.807) is 38.5 Å². The van der Waals surface area contributed by atoms with E-state index < -0.39 is 6.10 Å². The molecule has 3 aromatic heterocycles. The van der Waals surface area contributed by atoms with Crippen molar-refractivity contribution >= 4 is 33.9 Å². The lowest BCUT2D eigenvalue weighted by molar-refractivity contribution is 0.0323. The summed E-state index contributed by atoms with van der Waals surface area (Å²) in [6.45, 7) is 9.83. The SMILES string of the molecule is C/C(=C/C(=N)C#N)Nc1nc(-n2cnc3cc(Nc4ccc(C)nc4)c(OCCN4CCOCC4)cc32)ccc1C(C)O. The fourth-order valence-electron chi connectivity index (χ4n) is 4.75. The van der Waals surface area contributed by atoms with Gasteiger partial charge in [-0.3, -0.25) is 19.9 Å². The van der Waals surface area contributed by atoms with Gasteiger partial charge in [0.15, 0.2) is 0 Å². The number of aliphatic hydroxyl groups is 1. The van der Waals surface area contributed by atoms with Crippen LogP contribution < -0.4 is 15.4 Å². The molecular formula is C31H35N9O3. The van der Waals surface area contributed by atoms with E-state index in [-0.39, 0.29) is 5.71 Å². The molecule has 0 radical (unpaired) electrons. The third-order valence-corrected chi connectivity index (χ3v) is 7.01. The standard InChI is InChI=1S/C31H35N9O3/c1-20-4-5-24(18-34-20)37-27-15-26-28(16-29(27)43-13-10-39-8-11-42-12-9-39)40(19-35-26)30-7-6-25(22(3)41)31(38-30)36-21(2)14-23(33)17-32/h4-7,14-16,18-19,22,33,37,41H,8-13H2,1-3H3,(H,36,38)/b21-14-,33-23?. The van der Waals surface area contributed by atoms with Crippen molar-refractivity contribution in [2.75, 3.05) is 50.1 Å². The first-order valence-electron chi connectivity index (χ1n) is 14.1. The van der Waals surface area contributed by atoms with Gasteiger partial charge in [-0.15, -0.1) is 0 Å². The average molecular weight is 582 g/mol. The van der Waals surface area contributed by atoms with Gasteiger partial charge in [-0.05, 0) is 57.2 Å². The normalized spacial score (nSPS) is 14.7. The van der Waals surface area contributed by atoms with Crippen LogP contribution in [0.3, 0.4) is 0 Å². The zero-order valence-corrected chi connectivity index (χ0v) is 24.5. The van der Waals surface area contributed by atoms with Gasteiger partial charge in [0.1, 0.15) is 42.1 Å². The smallest absolute Gasteiger partial charge is 0.145 e. The van der Waals surface area contributed by atoms with E-state index in [9.17, 15) is 5.11 Å². The van der Waals surface area contributed by atoms with Gasteiger partial charge in [-0.25, -0.2) is 9.97 Å². The van der Waals surface area contributed by atoms with Crippen molar-refractivity contribution in [1.29, 1.82) is 10.7 Å². The van der Waals surface area contributed by atoms with E-state index in [2.05, 4.69) is 25.5 Å². The number of benzene rings is 1. The highest BCUT2D eigenvalue weighted by Crippen LogP contribution is 2.34. The fourth-order valence-corrected chi connectivity index (χ4v) is 4.75. The van der Waals surface area contributed by atoms with E-state index in [1.165, 1.54) is 6.08 Å². The molecule has 12 heteroatoms. The molecule has 12 nitrogen and oxygen atoms in total. The number of pyridine rings is 2. The molecule has 4 aromatic rings. The predicted molar refractivity (Wildman–Crippen MR) is 165 cm³/mol. The van der Waals surface area contributed by atoms with Crippen LogP contribution in [0.25, 0.3) is 16.9 Å². The summed E-state index contributed by atoms with van der Waals surface area (Å²) in [5.74, 6) is 1.65. The largest absolute Gasteiger partial charge is 0.490 e. The molecule has 1 fully saturated rings. The number of ether oxygens (including phenoxy) is 2. The number of imidazole rings is 1. The number of allylic oxidation sites excluding steroid dienone is 2. The number of nitrogens with zero attached hydrogens (tertiary/aromatic N) is 6. The number of nitrogens with one attached hydrogen (secondary N) is 3. The zero-order valence-electron chi connectivity index (χ0n) is 24.5. The van der Waals surface area contributed by atoms with Crippen molar-refractivity contribution in [3.05, 3.63) is 72.0 Å². The van der Waals surface area contributed by atoms with Crippen LogP contribution in [0, 0.1) is 23.7 Å². The molecule has 0 spiro atoms. The lowest BCUT2D eigenvalue weighted by atomic mass is 10.1. The Labute approximate surface area is 250 Å². The first-order chi connectivity index (χ1) is 20.8. The van der Waals surface area contributed by atoms with Crippen LogP contribution in [0.1, 0.15) is 31.2 Å². The Morgan fingerprint density at radius 3 is 2.77 bits per heavy atom. The van der Waals surface area contributed by atoms with Crippen LogP contribution in [0.15, 0.2) is 60.7 Å². The second-order valence-corrected chi connectivity index (χ2v) is 10.3. The van der Waals surface area contributed by atoms with Gasteiger partial charge in [-0.2, -0.15) is 5.26 Å². The van der Waals surface area contributed by atoms with Crippen LogP contribution >= 0.6 is 0 Å². The molecule has 5 rings (SSSR count). The van der Waals surface area contributed by atoms with Crippen LogP contribution in [0.5, 0.6) is 5.75 Å². The van der Waals surface area contributed by atoms with Crippen molar-refractivity contribution in [3.63, 3.8) is 0 Å². The lowest BCUT2D eigenvalue weighted by Gasteiger charge is -2.26. The van der Waals surface area contributed by atoms with Crippen molar-refractivity contribution in [1.82, 2.24) is 24.4 Å². The van der Waals surface area contributed by atoms with Crippen molar-refractivity contribution in [2.24, 2.45) is 0 Å². The Hall–Kier alpha value is -4.83. The summed E-state index contributed by atoms with van der Waals surface area (Å²) in [4.78, 5) is 16.2. The molecule has 1 aromatic carbocycles. The summed E-state index contributed by atoms with van der Waals surface area (Å²) in [6.07, 6.45) is 4.10. The quantitative estimate of drug-likeness (QED) is 0.186. The molecule has 0 bridgehead atoms. The number of aliphatic hydroxyl groups excluding tert-OH is 1. The Balaban J connectivity index is 1.49. The number of rotatable bonds is 11. The minimum atomic E-state index is -0.789. The van der Waals surface area contributed by atoms with Gasteiger partial charge in [0, 0.05) is 42.7 Å². The Morgan fingerprint density at radius 2 is 2.05 bits per heavy atom. The number of anilines is 3.